The molecule has 1 atom stereocenters. The summed E-state index contributed by atoms with van der Waals surface area (Å²) in [6.45, 7) is 4.12. The summed E-state index contributed by atoms with van der Waals surface area (Å²) in [6.07, 6.45) is 4.79. The molecule has 2 N–H and O–H groups in total. The van der Waals surface area contributed by atoms with E-state index in [1.54, 1.807) is 0 Å². The standard InChI is InChI=1S/C18H16N2O2.C16H14.B.Zr/c1-12-17(19-10-21)15-9-5-8-14(13-6-3-2-4-7-13)16(15)18(12)20-11-22;1-12-10-14-8-5-9-15(16(14)11-12)13-6-3-2-4-7-13;;/h2-11,17H,1H3,(H,19,21)(H,20,22);2-9,11H,10H2,1H3;;. The van der Waals surface area contributed by atoms with Gasteiger partial charge in [0.25, 0.3) is 0 Å². The van der Waals surface area contributed by atoms with Crippen LogP contribution in [0.15, 0.2) is 108 Å². The number of carbonyl (C=O) groups excluding carboxylic acids is 2. The Kier molecular flexibility index (Phi) is 10.8. The van der Waals surface area contributed by atoms with Crippen LogP contribution >= 0.6 is 0 Å². The van der Waals surface area contributed by atoms with Crippen molar-refractivity contribution in [2.45, 2.75) is 26.3 Å². The third kappa shape index (κ3) is 6.18. The van der Waals surface area contributed by atoms with Gasteiger partial charge < -0.3 is 10.6 Å². The first kappa shape index (κ1) is 30.8. The van der Waals surface area contributed by atoms with E-state index in [4.69, 9.17) is 0 Å². The fourth-order valence-electron chi connectivity index (χ4n) is 5.46. The monoisotopic (exact) mass is 599 g/mol. The quantitative estimate of drug-likeness (QED) is 0.195. The topological polar surface area (TPSA) is 58.2 Å². The van der Waals surface area contributed by atoms with Crippen LogP contribution in [0.5, 0.6) is 0 Å². The van der Waals surface area contributed by atoms with Crippen molar-refractivity contribution in [3.05, 3.63) is 130 Å². The van der Waals surface area contributed by atoms with Crippen molar-refractivity contribution in [3.8, 4) is 22.3 Å². The van der Waals surface area contributed by atoms with E-state index < -0.39 is 0 Å². The fraction of sp³-hybridized carbons (Fsp3) is 0.118. The zero-order valence-electron chi connectivity index (χ0n) is 22.6. The summed E-state index contributed by atoms with van der Waals surface area (Å²) in [4.78, 5) is 21.9. The third-order valence-electron chi connectivity index (χ3n) is 7.15. The van der Waals surface area contributed by atoms with E-state index >= 15 is 0 Å². The average Bonchev–Trinajstić information content (AvgIpc) is 3.47. The SMILES string of the molecule is CC1=C(NC=O)c2c(-c3ccccc3)cccc2C1NC=O.CC1=Cc2c(cccc2-c2ccccc2)C1.[B].[Zr]. The van der Waals surface area contributed by atoms with Gasteiger partial charge in [-0.25, -0.2) is 0 Å². The molecule has 40 heavy (non-hydrogen) atoms. The maximum atomic E-state index is 11.0. The average molecular weight is 601 g/mol. The van der Waals surface area contributed by atoms with Crippen LogP contribution in [0.25, 0.3) is 34.0 Å². The summed E-state index contributed by atoms with van der Waals surface area (Å²) < 4.78 is 0. The van der Waals surface area contributed by atoms with Gasteiger partial charge >= 0.3 is 0 Å². The smallest absolute Gasteiger partial charge is 0.211 e. The minimum atomic E-state index is -0.210. The molecule has 195 valence electrons. The van der Waals surface area contributed by atoms with Gasteiger partial charge in [0.05, 0.1) is 11.7 Å². The summed E-state index contributed by atoms with van der Waals surface area (Å²) in [6, 6.07) is 33.0. The van der Waals surface area contributed by atoms with Crippen LogP contribution in [-0.2, 0) is 42.2 Å². The molecule has 6 heteroatoms. The summed E-state index contributed by atoms with van der Waals surface area (Å²) in [5.74, 6) is 0. The molecule has 0 fully saturated rings. The summed E-state index contributed by atoms with van der Waals surface area (Å²) in [7, 11) is 0. The van der Waals surface area contributed by atoms with Crippen molar-refractivity contribution in [1.82, 2.24) is 10.6 Å². The molecule has 4 aromatic carbocycles. The van der Waals surface area contributed by atoms with E-state index in [0.717, 1.165) is 39.9 Å². The van der Waals surface area contributed by atoms with Gasteiger partial charge in [-0.1, -0.05) is 109 Å². The van der Waals surface area contributed by atoms with Crippen LogP contribution in [0.1, 0.15) is 42.1 Å². The molecule has 2 aliphatic rings. The first-order chi connectivity index (χ1) is 18.6. The number of carbonyl (C=O) groups is 2. The van der Waals surface area contributed by atoms with Gasteiger partial charge in [0.2, 0.25) is 12.8 Å². The summed E-state index contributed by atoms with van der Waals surface area (Å²) >= 11 is 0. The van der Waals surface area contributed by atoms with Crippen LogP contribution in [0.4, 0.5) is 0 Å². The molecule has 1 unspecified atom stereocenters. The van der Waals surface area contributed by atoms with Gasteiger partial charge in [-0.2, -0.15) is 0 Å². The Balaban J connectivity index is 0.000000219. The Hall–Kier alpha value is -3.75. The van der Waals surface area contributed by atoms with Gasteiger partial charge in [0.1, 0.15) is 0 Å². The van der Waals surface area contributed by atoms with Gasteiger partial charge in [0, 0.05) is 40.2 Å². The number of nitrogens with one attached hydrogen (secondary N) is 2. The molecule has 4 aromatic rings. The molecule has 2 aliphatic carbocycles. The van der Waals surface area contributed by atoms with Crippen LogP contribution in [0.2, 0.25) is 0 Å². The third-order valence-corrected chi connectivity index (χ3v) is 7.15. The molecule has 3 radical (unpaired) electrons. The first-order valence-corrected chi connectivity index (χ1v) is 12.8. The van der Waals surface area contributed by atoms with Gasteiger partial charge in [-0.05, 0) is 64.8 Å². The van der Waals surface area contributed by atoms with E-state index in [9.17, 15) is 9.59 Å². The maximum Gasteiger partial charge on any atom is 0.211 e. The Morgan fingerprint density at radius 1 is 0.725 bits per heavy atom. The molecular weight excluding hydrogens is 570 g/mol. The second-order valence-corrected chi connectivity index (χ2v) is 9.59. The molecule has 0 bridgehead atoms. The van der Waals surface area contributed by atoms with E-state index in [-0.39, 0.29) is 40.7 Å². The molecular formula is C34H30BN2O2Zr. The Morgan fingerprint density at radius 2 is 1.32 bits per heavy atom. The van der Waals surface area contributed by atoms with E-state index in [1.165, 1.54) is 27.8 Å². The Bertz CT molecular complexity index is 1550. The second kappa shape index (κ2) is 14.0. The van der Waals surface area contributed by atoms with Crippen molar-refractivity contribution < 1.29 is 35.8 Å². The normalized spacial score (nSPS) is 14.2. The molecule has 0 aromatic heterocycles. The minimum Gasteiger partial charge on any atom is -0.348 e. The summed E-state index contributed by atoms with van der Waals surface area (Å²) in [5.41, 5.74) is 12.8. The molecule has 6 rings (SSSR count). The van der Waals surface area contributed by atoms with Crippen molar-refractivity contribution in [3.63, 3.8) is 0 Å². The van der Waals surface area contributed by atoms with Gasteiger partial charge in [-0.15, -0.1) is 0 Å². The van der Waals surface area contributed by atoms with E-state index in [0.29, 0.717) is 12.8 Å². The predicted molar refractivity (Wildman–Crippen MR) is 161 cm³/mol. The number of rotatable bonds is 6. The number of hydrogen-bond donors (Lipinski definition) is 2. The zero-order chi connectivity index (χ0) is 26.5. The van der Waals surface area contributed by atoms with Crippen LogP contribution in [0, 0.1) is 0 Å². The molecule has 0 saturated heterocycles. The van der Waals surface area contributed by atoms with Gasteiger partial charge in [-0.3, -0.25) is 9.59 Å². The number of benzene rings is 4. The fourth-order valence-corrected chi connectivity index (χ4v) is 5.46. The molecule has 0 heterocycles. The second-order valence-electron chi connectivity index (χ2n) is 9.59. The Labute approximate surface area is 257 Å². The number of amides is 2. The van der Waals surface area contributed by atoms with Crippen molar-refractivity contribution in [2.75, 3.05) is 0 Å². The number of hydrogen-bond acceptors (Lipinski definition) is 2. The van der Waals surface area contributed by atoms with Crippen LogP contribution in [-0.4, -0.2) is 21.2 Å². The van der Waals surface area contributed by atoms with Crippen molar-refractivity contribution in [2.24, 2.45) is 0 Å². The molecule has 0 aliphatic heterocycles. The first-order valence-electron chi connectivity index (χ1n) is 12.8. The summed E-state index contributed by atoms with van der Waals surface area (Å²) in [5, 5.41) is 5.62. The molecule has 2 amide bonds. The molecule has 0 spiro atoms. The molecule has 0 saturated carbocycles. The number of fused-ring (bicyclic) bond motifs is 2. The van der Waals surface area contributed by atoms with Crippen LogP contribution in [0.3, 0.4) is 0 Å². The van der Waals surface area contributed by atoms with E-state index in [2.05, 4.69) is 72.2 Å². The van der Waals surface area contributed by atoms with Crippen molar-refractivity contribution in [1.29, 1.82) is 0 Å². The zero-order valence-corrected chi connectivity index (χ0v) is 25.1. The van der Waals surface area contributed by atoms with Crippen LogP contribution < -0.4 is 10.6 Å². The largest absolute Gasteiger partial charge is 0.348 e. The van der Waals surface area contributed by atoms with E-state index in [1.807, 2.05) is 55.5 Å². The van der Waals surface area contributed by atoms with Gasteiger partial charge in [0.15, 0.2) is 0 Å². The van der Waals surface area contributed by atoms with Crippen molar-refractivity contribution >= 4 is 33.0 Å². The number of allylic oxidation sites excluding steroid dienone is 1. The predicted octanol–water partition coefficient (Wildman–Crippen LogP) is 6.56. The molecule has 4 nitrogen and oxygen atoms in total. The minimum absolute atomic E-state index is 0. The maximum absolute atomic E-state index is 11.0. The Morgan fingerprint density at radius 3 is 1.95 bits per heavy atom.